The Morgan fingerprint density at radius 2 is 2.05 bits per heavy atom. The smallest absolute Gasteiger partial charge is 0.310 e. The van der Waals surface area contributed by atoms with Crippen LogP contribution in [-0.4, -0.2) is 16.1 Å². The number of aliphatic carboxylic acids is 1. The molecule has 0 aliphatic heterocycles. The van der Waals surface area contributed by atoms with Gasteiger partial charge in [-0.25, -0.2) is 9.37 Å². The van der Waals surface area contributed by atoms with Crippen LogP contribution in [0.4, 0.5) is 4.39 Å². The molecule has 1 aromatic heterocycles. The number of carbonyl (C=O) groups is 1. The highest BCUT2D eigenvalue weighted by molar-refractivity contribution is 5.81. The first-order valence-corrected chi connectivity index (χ1v) is 6.44. The third-order valence-electron chi connectivity index (χ3n) is 3.39. The molecule has 0 spiro atoms. The van der Waals surface area contributed by atoms with Crippen molar-refractivity contribution in [2.45, 2.75) is 12.8 Å². The summed E-state index contributed by atoms with van der Waals surface area (Å²) in [6.07, 6.45) is 0. The standard InChI is InChI=1S/C16H12FNO3/c1-9(16(19)20)10-6-7-14-13(8-10)18-15(21-14)11-4-2-3-5-12(11)17/h2-9H,1H3,(H,19,20)/t9-/m0/s1. The Labute approximate surface area is 119 Å². The summed E-state index contributed by atoms with van der Waals surface area (Å²) in [5, 5.41) is 9.03. The zero-order valence-corrected chi connectivity index (χ0v) is 11.2. The zero-order valence-electron chi connectivity index (χ0n) is 11.2. The summed E-state index contributed by atoms with van der Waals surface area (Å²) < 4.78 is 19.3. The lowest BCUT2D eigenvalue weighted by atomic mass is 10.0. The molecule has 1 N–H and O–H groups in total. The number of carboxylic acid groups (broad SMARTS) is 1. The molecule has 1 atom stereocenters. The maximum absolute atomic E-state index is 13.7. The molecule has 5 heteroatoms. The molecule has 106 valence electrons. The van der Waals surface area contributed by atoms with E-state index < -0.39 is 17.7 Å². The van der Waals surface area contributed by atoms with Gasteiger partial charge in [0.05, 0.1) is 11.5 Å². The summed E-state index contributed by atoms with van der Waals surface area (Å²) in [7, 11) is 0. The Kier molecular flexibility index (Phi) is 3.17. The number of carboxylic acids is 1. The summed E-state index contributed by atoms with van der Waals surface area (Å²) in [6, 6.07) is 11.2. The molecule has 0 amide bonds. The topological polar surface area (TPSA) is 63.3 Å². The second-order valence-electron chi connectivity index (χ2n) is 4.79. The minimum atomic E-state index is -0.910. The Morgan fingerprint density at radius 1 is 1.29 bits per heavy atom. The molecule has 0 bridgehead atoms. The molecule has 0 saturated heterocycles. The van der Waals surface area contributed by atoms with Crippen molar-refractivity contribution in [1.82, 2.24) is 4.98 Å². The van der Waals surface area contributed by atoms with Gasteiger partial charge >= 0.3 is 5.97 Å². The largest absolute Gasteiger partial charge is 0.481 e. The van der Waals surface area contributed by atoms with Crippen molar-refractivity contribution in [2.75, 3.05) is 0 Å². The van der Waals surface area contributed by atoms with Crippen molar-refractivity contribution in [3.8, 4) is 11.5 Å². The van der Waals surface area contributed by atoms with Gasteiger partial charge < -0.3 is 9.52 Å². The number of fused-ring (bicyclic) bond motifs is 1. The molecule has 0 aliphatic carbocycles. The third kappa shape index (κ3) is 2.38. The SMILES string of the molecule is C[C@H](C(=O)O)c1ccc2oc(-c3ccccc3F)nc2c1. The lowest BCUT2D eigenvalue weighted by Gasteiger charge is -2.04. The van der Waals surface area contributed by atoms with Crippen LogP contribution in [0.15, 0.2) is 46.9 Å². The second-order valence-corrected chi connectivity index (χ2v) is 4.79. The van der Waals surface area contributed by atoms with Crippen LogP contribution < -0.4 is 0 Å². The number of aromatic nitrogens is 1. The summed E-state index contributed by atoms with van der Waals surface area (Å²) in [4.78, 5) is 15.3. The molecule has 4 nitrogen and oxygen atoms in total. The van der Waals surface area contributed by atoms with Crippen LogP contribution in [-0.2, 0) is 4.79 Å². The number of hydrogen-bond donors (Lipinski definition) is 1. The van der Waals surface area contributed by atoms with E-state index in [9.17, 15) is 9.18 Å². The van der Waals surface area contributed by atoms with Crippen LogP contribution in [0.25, 0.3) is 22.6 Å². The maximum Gasteiger partial charge on any atom is 0.310 e. The lowest BCUT2D eigenvalue weighted by Crippen LogP contribution is -2.06. The minimum absolute atomic E-state index is 0.184. The fourth-order valence-electron chi connectivity index (χ4n) is 2.11. The molecule has 3 aromatic rings. The normalized spacial score (nSPS) is 12.5. The molecule has 2 aromatic carbocycles. The van der Waals surface area contributed by atoms with Gasteiger partial charge in [0.2, 0.25) is 5.89 Å². The van der Waals surface area contributed by atoms with E-state index in [-0.39, 0.29) is 11.5 Å². The fourth-order valence-corrected chi connectivity index (χ4v) is 2.11. The van der Waals surface area contributed by atoms with Crippen LogP contribution in [0.5, 0.6) is 0 Å². The second kappa shape index (κ2) is 5.01. The van der Waals surface area contributed by atoms with Gasteiger partial charge in [-0.3, -0.25) is 4.79 Å². The third-order valence-corrected chi connectivity index (χ3v) is 3.39. The van der Waals surface area contributed by atoms with E-state index in [0.29, 0.717) is 16.7 Å². The molecule has 3 rings (SSSR count). The first-order valence-electron chi connectivity index (χ1n) is 6.44. The average Bonchev–Trinajstić information content (AvgIpc) is 2.89. The number of halogens is 1. The zero-order chi connectivity index (χ0) is 15.0. The lowest BCUT2D eigenvalue weighted by molar-refractivity contribution is -0.138. The summed E-state index contributed by atoms with van der Waals surface area (Å²) in [5.74, 6) is -1.78. The van der Waals surface area contributed by atoms with E-state index in [2.05, 4.69) is 4.98 Å². The van der Waals surface area contributed by atoms with Gasteiger partial charge in [0.1, 0.15) is 11.3 Å². The summed E-state index contributed by atoms with van der Waals surface area (Å²) in [5.41, 5.74) is 1.92. The molecule has 0 unspecified atom stereocenters. The quantitative estimate of drug-likeness (QED) is 0.794. The molecular formula is C16H12FNO3. The fraction of sp³-hybridized carbons (Fsp3) is 0.125. The number of rotatable bonds is 3. The van der Waals surface area contributed by atoms with Gasteiger partial charge in [-0.2, -0.15) is 0 Å². The van der Waals surface area contributed by atoms with Crippen LogP contribution in [0.2, 0.25) is 0 Å². The highest BCUT2D eigenvalue weighted by Gasteiger charge is 2.17. The summed E-state index contributed by atoms with van der Waals surface area (Å²) >= 11 is 0. The molecule has 21 heavy (non-hydrogen) atoms. The van der Waals surface area contributed by atoms with Crippen molar-refractivity contribution in [3.63, 3.8) is 0 Å². The van der Waals surface area contributed by atoms with E-state index in [1.807, 2.05) is 0 Å². The van der Waals surface area contributed by atoms with E-state index >= 15 is 0 Å². The van der Waals surface area contributed by atoms with Crippen molar-refractivity contribution in [2.24, 2.45) is 0 Å². The molecule has 1 heterocycles. The van der Waals surface area contributed by atoms with Crippen LogP contribution in [0, 0.1) is 5.82 Å². The Morgan fingerprint density at radius 3 is 2.76 bits per heavy atom. The molecular weight excluding hydrogens is 273 g/mol. The molecule has 0 radical (unpaired) electrons. The van der Waals surface area contributed by atoms with Gasteiger partial charge in [0.25, 0.3) is 0 Å². The van der Waals surface area contributed by atoms with Gasteiger partial charge in [-0.15, -0.1) is 0 Å². The molecule has 0 aliphatic rings. The Balaban J connectivity index is 2.09. The number of benzene rings is 2. The highest BCUT2D eigenvalue weighted by Crippen LogP contribution is 2.28. The Hall–Kier alpha value is -2.69. The van der Waals surface area contributed by atoms with E-state index in [4.69, 9.17) is 9.52 Å². The minimum Gasteiger partial charge on any atom is -0.481 e. The van der Waals surface area contributed by atoms with Gasteiger partial charge in [-0.1, -0.05) is 18.2 Å². The van der Waals surface area contributed by atoms with Gasteiger partial charge in [0, 0.05) is 0 Å². The molecule has 0 saturated carbocycles. The van der Waals surface area contributed by atoms with E-state index in [0.717, 1.165) is 0 Å². The first kappa shape index (κ1) is 13.3. The van der Waals surface area contributed by atoms with E-state index in [1.165, 1.54) is 6.07 Å². The number of nitrogens with zero attached hydrogens (tertiary/aromatic N) is 1. The van der Waals surface area contributed by atoms with Gasteiger partial charge in [0.15, 0.2) is 5.58 Å². The highest BCUT2D eigenvalue weighted by atomic mass is 19.1. The maximum atomic E-state index is 13.7. The Bertz CT molecular complexity index is 825. The van der Waals surface area contributed by atoms with Crippen molar-refractivity contribution >= 4 is 17.1 Å². The number of oxazole rings is 1. The van der Waals surface area contributed by atoms with Crippen molar-refractivity contribution in [1.29, 1.82) is 0 Å². The predicted molar refractivity (Wildman–Crippen MR) is 75.5 cm³/mol. The summed E-state index contributed by atoms with van der Waals surface area (Å²) in [6.45, 7) is 1.60. The first-order chi connectivity index (χ1) is 10.1. The van der Waals surface area contributed by atoms with Gasteiger partial charge in [-0.05, 0) is 36.8 Å². The van der Waals surface area contributed by atoms with Crippen molar-refractivity contribution < 1.29 is 18.7 Å². The van der Waals surface area contributed by atoms with Crippen LogP contribution in [0.3, 0.4) is 0 Å². The monoisotopic (exact) mass is 285 g/mol. The van der Waals surface area contributed by atoms with E-state index in [1.54, 1.807) is 43.3 Å². The van der Waals surface area contributed by atoms with Crippen molar-refractivity contribution in [3.05, 3.63) is 53.8 Å². The number of hydrogen-bond acceptors (Lipinski definition) is 3. The predicted octanol–water partition coefficient (Wildman–Crippen LogP) is 3.82. The molecule has 0 fully saturated rings. The van der Waals surface area contributed by atoms with Crippen LogP contribution >= 0.6 is 0 Å². The van der Waals surface area contributed by atoms with Crippen LogP contribution in [0.1, 0.15) is 18.4 Å². The average molecular weight is 285 g/mol.